The number of halogens is 1. The maximum atomic E-state index is 4.80. The summed E-state index contributed by atoms with van der Waals surface area (Å²) < 4.78 is 2.34. The van der Waals surface area contributed by atoms with Gasteiger partial charge in [-0.25, -0.2) is 0 Å². The molecule has 2 N–H and O–H groups in total. The Morgan fingerprint density at radius 1 is 1.20 bits per heavy atom. The fourth-order valence-corrected chi connectivity index (χ4v) is 3.84. The molecule has 2 aromatic rings. The van der Waals surface area contributed by atoms with Crippen LogP contribution >= 0.6 is 24.0 Å². The summed E-state index contributed by atoms with van der Waals surface area (Å²) >= 11 is 0. The number of nitrogens with one attached hydrogen (secondary N) is 2. The Morgan fingerprint density at radius 2 is 2.07 bits per heavy atom. The van der Waals surface area contributed by atoms with E-state index in [2.05, 4.69) is 70.4 Å². The van der Waals surface area contributed by atoms with Gasteiger partial charge in [-0.2, -0.15) is 0 Å². The minimum Gasteiger partial charge on any atom is -0.357 e. The second-order valence-corrected chi connectivity index (χ2v) is 8.06. The number of fused-ring (bicyclic) bond motifs is 1. The van der Waals surface area contributed by atoms with Crippen LogP contribution in [0.1, 0.15) is 68.2 Å². The molecular weight excluding hydrogens is 487 g/mol. The van der Waals surface area contributed by atoms with E-state index in [0.29, 0.717) is 5.92 Å². The monoisotopic (exact) mass is 524 g/mol. The molecule has 0 saturated heterocycles. The predicted molar refractivity (Wildman–Crippen MR) is 135 cm³/mol. The number of aliphatic imine (C=N–C) groups is 1. The van der Waals surface area contributed by atoms with E-state index in [0.717, 1.165) is 57.2 Å². The lowest BCUT2D eigenvalue weighted by atomic mass is 10.00. The third kappa shape index (κ3) is 7.25. The summed E-state index contributed by atoms with van der Waals surface area (Å²) in [5.41, 5.74) is 2.65. The first-order chi connectivity index (χ1) is 14.2. The molecule has 7 heteroatoms. The van der Waals surface area contributed by atoms with Crippen molar-refractivity contribution >= 4 is 29.9 Å². The van der Waals surface area contributed by atoms with Crippen LogP contribution in [0.4, 0.5) is 0 Å². The van der Waals surface area contributed by atoms with Crippen LogP contribution in [0.5, 0.6) is 0 Å². The Hall–Kier alpha value is -1.64. The minimum atomic E-state index is 0. The first-order valence-corrected chi connectivity index (χ1v) is 11.2. The number of hydrogen-bond donors (Lipinski definition) is 2. The topological polar surface area (TPSA) is 67.1 Å². The minimum absolute atomic E-state index is 0. The summed E-state index contributed by atoms with van der Waals surface area (Å²) in [5, 5.41) is 15.7. The summed E-state index contributed by atoms with van der Waals surface area (Å²) in [6.45, 7) is 10.1. The largest absolute Gasteiger partial charge is 0.357 e. The smallest absolute Gasteiger partial charge is 0.191 e. The van der Waals surface area contributed by atoms with Crippen molar-refractivity contribution in [2.75, 3.05) is 19.6 Å². The zero-order chi connectivity index (χ0) is 20.5. The third-order valence-corrected chi connectivity index (χ3v) is 5.53. The van der Waals surface area contributed by atoms with Crippen LogP contribution in [0.15, 0.2) is 29.3 Å². The Morgan fingerprint density at radius 3 is 2.87 bits per heavy atom. The van der Waals surface area contributed by atoms with Crippen molar-refractivity contribution in [3.8, 4) is 0 Å². The van der Waals surface area contributed by atoms with Crippen molar-refractivity contribution in [3.05, 3.63) is 47.0 Å². The maximum absolute atomic E-state index is 4.80. The standard InChI is InChI=1S/C23H36N6.HI/c1-4-24-23(26-17-19(3)20-11-8-10-18(2)16-20)25-14-9-13-22-28-27-21-12-6-5-7-15-29(21)22;/h8,10-11,16,19H,4-7,9,12-15,17H2,1-3H3,(H2,24,25,26);1H. The van der Waals surface area contributed by atoms with Gasteiger partial charge in [0.15, 0.2) is 5.96 Å². The van der Waals surface area contributed by atoms with Gasteiger partial charge in [-0.15, -0.1) is 34.2 Å². The van der Waals surface area contributed by atoms with Crippen molar-refractivity contribution in [2.24, 2.45) is 4.99 Å². The van der Waals surface area contributed by atoms with Gasteiger partial charge in [0, 0.05) is 44.9 Å². The second-order valence-electron chi connectivity index (χ2n) is 8.06. The molecular formula is C23H37IN6. The van der Waals surface area contributed by atoms with Crippen LogP contribution in [0, 0.1) is 6.92 Å². The van der Waals surface area contributed by atoms with Crippen molar-refractivity contribution in [3.63, 3.8) is 0 Å². The number of benzene rings is 1. The van der Waals surface area contributed by atoms with Crippen molar-refractivity contribution in [1.29, 1.82) is 0 Å². The molecule has 30 heavy (non-hydrogen) atoms. The van der Waals surface area contributed by atoms with Crippen molar-refractivity contribution in [2.45, 2.75) is 71.8 Å². The lowest BCUT2D eigenvalue weighted by Crippen LogP contribution is -2.38. The van der Waals surface area contributed by atoms with Gasteiger partial charge in [-0.1, -0.05) is 43.2 Å². The van der Waals surface area contributed by atoms with E-state index < -0.39 is 0 Å². The van der Waals surface area contributed by atoms with E-state index in [9.17, 15) is 0 Å². The van der Waals surface area contributed by atoms with Crippen LogP contribution in [-0.4, -0.2) is 40.4 Å². The molecule has 0 aliphatic carbocycles. The van der Waals surface area contributed by atoms with Gasteiger partial charge < -0.3 is 15.2 Å². The fraction of sp³-hybridized carbons (Fsp3) is 0.609. The Bertz CT molecular complexity index is 801. The van der Waals surface area contributed by atoms with Crippen molar-refractivity contribution < 1.29 is 0 Å². The molecule has 0 fully saturated rings. The third-order valence-electron chi connectivity index (χ3n) is 5.53. The van der Waals surface area contributed by atoms with Gasteiger partial charge in [-0.05, 0) is 38.7 Å². The lowest BCUT2D eigenvalue weighted by molar-refractivity contribution is 0.593. The molecule has 3 rings (SSSR count). The summed E-state index contributed by atoms with van der Waals surface area (Å²) in [4.78, 5) is 4.80. The predicted octanol–water partition coefficient (Wildman–Crippen LogP) is 4.22. The second kappa shape index (κ2) is 12.9. The first kappa shape index (κ1) is 24.6. The quantitative estimate of drug-likeness (QED) is 0.235. The van der Waals surface area contributed by atoms with Crippen LogP contribution in [0.3, 0.4) is 0 Å². The Kier molecular flexibility index (Phi) is 10.6. The normalized spacial score (nSPS) is 15.0. The van der Waals surface area contributed by atoms with Gasteiger partial charge in [0.2, 0.25) is 0 Å². The number of guanidine groups is 1. The van der Waals surface area contributed by atoms with Gasteiger partial charge in [0.1, 0.15) is 11.6 Å². The molecule has 0 saturated carbocycles. The van der Waals surface area contributed by atoms with Gasteiger partial charge in [0.05, 0.1) is 0 Å². The summed E-state index contributed by atoms with van der Waals surface area (Å²) in [6.07, 6.45) is 6.83. The highest BCUT2D eigenvalue weighted by atomic mass is 127. The zero-order valence-corrected chi connectivity index (χ0v) is 21.0. The number of aromatic nitrogens is 3. The molecule has 6 nitrogen and oxygen atoms in total. The van der Waals surface area contributed by atoms with Gasteiger partial charge >= 0.3 is 0 Å². The lowest BCUT2D eigenvalue weighted by Gasteiger charge is -2.14. The number of aryl methyl sites for hydroxylation is 3. The van der Waals surface area contributed by atoms with E-state index in [4.69, 9.17) is 4.99 Å². The fourth-order valence-electron chi connectivity index (χ4n) is 3.84. The Balaban J connectivity index is 0.00000320. The van der Waals surface area contributed by atoms with Gasteiger partial charge in [-0.3, -0.25) is 4.99 Å². The molecule has 1 aliphatic heterocycles. The molecule has 166 valence electrons. The molecule has 1 aliphatic rings. The molecule has 1 atom stereocenters. The number of hydrogen-bond acceptors (Lipinski definition) is 3. The van der Waals surface area contributed by atoms with Crippen LogP contribution in [0.2, 0.25) is 0 Å². The van der Waals surface area contributed by atoms with E-state index in [-0.39, 0.29) is 24.0 Å². The van der Waals surface area contributed by atoms with Crippen LogP contribution < -0.4 is 10.6 Å². The summed E-state index contributed by atoms with van der Waals surface area (Å²) in [7, 11) is 0. The maximum Gasteiger partial charge on any atom is 0.191 e. The highest BCUT2D eigenvalue weighted by Gasteiger charge is 2.14. The number of rotatable bonds is 8. The van der Waals surface area contributed by atoms with Crippen LogP contribution in [-0.2, 0) is 19.4 Å². The average Bonchev–Trinajstić information content (AvgIpc) is 2.94. The molecule has 2 heterocycles. The highest BCUT2D eigenvalue weighted by molar-refractivity contribution is 14.0. The first-order valence-electron chi connectivity index (χ1n) is 11.2. The van der Waals surface area contributed by atoms with E-state index in [1.54, 1.807) is 0 Å². The zero-order valence-electron chi connectivity index (χ0n) is 18.7. The highest BCUT2D eigenvalue weighted by Crippen LogP contribution is 2.17. The van der Waals surface area contributed by atoms with E-state index in [1.807, 2.05) is 0 Å². The van der Waals surface area contributed by atoms with Crippen LogP contribution in [0.25, 0.3) is 0 Å². The van der Waals surface area contributed by atoms with Gasteiger partial charge in [0.25, 0.3) is 0 Å². The molecule has 1 aromatic carbocycles. The molecule has 0 radical (unpaired) electrons. The molecule has 0 bridgehead atoms. The Labute approximate surface area is 198 Å². The molecule has 0 amide bonds. The van der Waals surface area contributed by atoms with E-state index in [1.165, 1.54) is 36.2 Å². The SMILES string of the molecule is CCNC(=NCC(C)c1cccc(C)c1)NCCCc1nnc2n1CCCCC2.I. The number of nitrogens with zero attached hydrogens (tertiary/aromatic N) is 4. The molecule has 0 spiro atoms. The van der Waals surface area contributed by atoms with E-state index >= 15 is 0 Å². The molecule has 1 aromatic heterocycles. The average molecular weight is 524 g/mol. The van der Waals surface area contributed by atoms with Crippen molar-refractivity contribution in [1.82, 2.24) is 25.4 Å². The summed E-state index contributed by atoms with van der Waals surface area (Å²) in [5.74, 6) is 3.60. The molecule has 1 unspecified atom stereocenters. The summed E-state index contributed by atoms with van der Waals surface area (Å²) in [6, 6.07) is 8.70.